The average molecular weight is 442 g/mol. The Balaban J connectivity index is 1.53. The van der Waals surface area contributed by atoms with E-state index in [0.29, 0.717) is 19.8 Å². The zero-order valence-electron chi connectivity index (χ0n) is 18.7. The highest BCUT2D eigenvalue weighted by Gasteiger charge is 2.23. The second kappa shape index (κ2) is 9.42. The van der Waals surface area contributed by atoms with E-state index in [0.717, 1.165) is 46.6 Å². The molecule has 0 unspecified atom stereocenters. The molecular weight excluding hydrogens is 414 g/mol. The van der Waals surface area contributed by atoms with Gasteiger partial charge in [-0.3, -0.25) is 4.79 Å². The van der Waals surface area contributed by atoms with Gasteiger partial charge < -0.3 is 19.1 Å². The second-order valence-corrected chi connectivity index (χ2v) is 8.27. The molecule has 2 aromatic heterocycles. The summed E-state index contributed by atoms with van der Waals surface area (Å²) in [4.78, 5) is 26.5. The Bertz CT molecular complexity index is 1230. The molecule has 0 N–H and O–H groups in total. The van der Waals surface area contributed by atoms with Crippen LogP contribution in [0.2, 0.25) is 0 Å². The third-order valence-electron chi connectivity index (χ3n) is 6.02. The molecule has 7 heteroatoms. The van der Waals surface area contributed by atoms with Crippen LogP contribution < -0.4 is 4.90 Å². The number of likely N-dealkylation sites (N-methyl/N-ethyl adjacent to an activating group) is 1. The molecule has 0 saturated carbocycles. The summed E-state index contributed by atoms with van der Waals surface area (Å²) < 4.78 is 7.54. The van der Waals surface area contributed by atoms with Gasteiger partial charge in [0.1, 0.15) is 23.9 Å². The lowest BCUT2D eigenvalue weighted by Gasteiger charge is -2.28. The standard InChI is InChI=1S/C26H27N5O2/c1-29(16-20-8-4-2-5-9-20)23(32)18-31-17-22(21-10-6-3-7-11-21)24-25(31)26(28-19-27-24)30-12-14-33-15-13-30/h2-11,17,19H,12-16,18H2,1H3. The Morgan fingerprint density at radius 3 is 2.42 bits per heavy atom. The Kier molecular flexibility index (Phi) is 6.04. The van der Waals surface area contributed by atoms with E-state index in [1.807, 2.05) is 66.3 Å². The van der Waals surface area contributed by atoms with Gasteiger partial charge in [0, 0.05) is 38.4 Å². The molecule has 1 fully saturated rings. The number of ether oxygens (including phenoxy) is 1. The van der Waals surface area contributed by atoms with E-state index < -0.39 is 0 Å². The Labute approximate surface area is 193 Å². The van der Waals surface area contributed by atoms with E-state index in [1.165, 1.54) is 0 Å². The molecule has 1 aliphatic heterocycles. The first-order valence-corrected chi connectivity index (χ1v) is 11.2. The van der Waals surface area contributed by atoms with Gasteiger partial charge in [0.2, 0.25) is 5.91 Å². The highest BCUT2D eigenvalue weighted by Crippen LogP contribution is 2.33. The lowest BCUT2D eigenvalue weighted by Crippen LogP contribution is -2.37. The lowest BCUT2D eigenvalue weighted by atomic mass is 10.1. The van der Waals surface area contributed by atoms with Gasteiger partial charge in [-0.25, -0.2) is 9.97 Å². The quantitative estimate of drug-likeness (QED) is 0.458. The molecule has 168 valence electrons. The van der Waals surface area contributed by atoms with Crippen molar-refractivity contribution >= 4 is 22.8 Å². The minimum absolute atomic E-state index is 0.0344. The fourth-order valence-electron chi connectivity index (χ4n) is 4.28. The van der Waals surface area contributed by atoms with E-state index in [1.54, 1.807) is 11.2 Å². The number of hydrogen-bond acceptors (Lipinski definition) is 5. The molecule has 5 rings (SSSR count). The number of fused-ring (bicyclic) bond motifs is 1. The van der Waals surface area contributed by atoms with Crippen molar-refractivity contribution in [3.8, 4) is 11.1 Å². The van der Waals surface area contributed by atoms with Crippen molar-refractivity contribution < 1.29 is 9.53 Å². The summed E-state index contributed by atoms with van der Waals surface area (Å²) in [7, 11) is 1.85. The van der Waals surface area contributed by atoms with Crippen LogP contribution in [0.4, 0.5) is 5.82 Å². The number of carbonyl (C=O) groups is 1. The Hall–Kier alpha value is -3.71. The molecule has 0 bridgehead atoms. The summed E-state index contributed by atoms with van der Waals surface area (Å²) >= 11 is 0. The van der Waals surface area contributed by atoms with E-state index in [-0.39, 0.29) is 12.5 Å². The molecule has 1 aliphatic rings. The molecule has 3 heterocycles. The van der Waals surface area contributed by atoms with Crippen LogP contribution in [0, 0.1) is 0 Å². The minimum Gasteiger partial charge on any atom is -0.378 e. The van der Waals surface area contributed by atoms with Crippen LogP contribution in [-0.2, 0) is 22.6 Å². The molecule has 4 aromatic rings. The molecule has 33 heavy (non-hydrogen) atoms. The highest BCUT2D eigenvalue weighted by atomic mass is 16.5. The number of hydrogen-bond donors (Lipinski definition) is 0. The van der Waals surface area contributed by atoms with Gasteiger partial charge in [-0.15, -0.1) is 0 Å². The third-order valence-corrected chi connectivity index (χ3v) is 6.02. The van der Waals surface area contributed by atoms with Crippen LogP contribution in [0.5, 0.6) is 0 Å². The SMILES string of the molecule is CN(Cc1ccccc1)C(=O)Cn1cc(-c2ccccc2)c2ncnc(N3CCOCC3)c21. The molecule has 1 amide bonds. The molecule has 2 aromatic carbocycles. The van der Waals surface area contributed by atoms with Gasteiger partial charge in [0.25, 0.3) is 0 Å². The fraction of sp³-hybridized carbons (Fsp3) is 0.269. The topological polar surface area (TPSA) is 63.5 Å². The van der Waals surface area contributed by atoms with Gasteiger partial charge in [-0.2, -0.15) is 0 Å². The number of carbonyl (C=O) groups excluding carboxylic acids is 1. The summed E-state index contributed by atoms with van der Waals surface area (Å²) in [6, 6.07) is 20.2. The number of aromatic nitrogens is 3. The monoisotopic (exact) mass is 441 g/mol. The van der Waals surface area contributed by atoms with Crippen molar-refractivity contribution in [1.82, 2.24) is 19.4 Å². The lowest BCUT2D eigenvalue weighted by molar-refractivity contribution is -0.131. The van der Waals surface area contributed by atoms with E-state index in [2.05, 4.69) is 27.0 Å². The molecule has 0 aliphatic carbocycles. The van der Waals surface area contributed by atoms with Crippen LogP contribution in [0.15, 0.2) is 73.2 Å². The second-order valence-electron chi connectivity index (χ2n) is 8.27. The fourth-order valence-corrected chi connectivity index (χ4v) is 4.28. The normalized spacial score (nSPS) is 13.9. The first kappa shape index (κ1) is 21.2. The predicted octanol–water partition coefficient (Wildman–Crippen LogP) is 3.59. The zero-order chi connectivity index (χ0) is 22.6. The van der Waals surface area contributed by atoms with Gasteiger partial charge in [0.15, 0.2) is 5.82 Å². The average Bonchev–Trinajstić information content (AvgIpc) is 3.24. The smallest absolute Gasteiger partial charge is 0.242 e. The largest absolute Gasteiger partial charge is 0.378 e. The van der Waals surface area contributed by atoms with Crippen LogP contribution in [-0.4, -0.2) is 58.7 Å². The summed E-state index contributed by atoms with van der Waals surface area (Å²) in [6.45, 7) is 3.64. The first-order chi connectivity index (χ1) is 16.2. The van der Waals surface area contributed by atoms with E-state index in [9.17, 15) is 4.79 Å². The van der Waals surface area contributed by atoms with Gasteiger partial charge >= 0.3 is 0 Å². The van der Waals surface area contributed by atoms with E-state index >= 15 is 0 Å². The minimum atomic E-state index is 0.0344. The van der Waals surface area contributed by atoms with Crippen molar-refractivity contribution in [3.63, 3.8) is 0 Å². The maximum absolute atomic E-state index is 13.2. The number of benzene rings is 2. The summed E-state index contributed by atoms with van der Waals surface area (Å²) in [5.74, 6) is 0.885. The van der Waals surface area contributed by atoms with Gasteiger partial charge in [0.05, 0.1) is 13.2 Å². The molecular formula is C26H27N5O2. The van der Waals surface area contributed by atoms with Crippen molar-refractivity contribution in [2.75, 3.05) is 38.3 Å². The summed E-state index contributed by atoms with van der Waals surface area (Å²) in [6.07, 6.45) is 3.65. The predicted molar refractivity (Wildman–Crippen MR) is 129 cm³/mol. The van der Waals surface area contributed by atoms with Crippen LogP contribution in [0.3, 0.4) is 0 Å². The first-order valence-electron chi connectivity index (χ1n) is 11.2. The zero-order valence-corrected chi connectivity index (χ0v) is 18.7. The number of rotatable bonds is 6. The number of amides is 1. The van der Waals surface area contributed by atoms with Crippen LogP contribution in [0.1, 0.15) is 5.56 Å². The molecule has 7 nitrogen and oxygen atoms in total. The van der Waals surface area contributed by atoms with Crippen molar-refractivity contribution in [3.05, 3.63) is 78.8 Å². The number of nitrogens with zero attached hydrogens (tertiary/aromatic N) is 5. The maximum atomic E-state index is 13.2. The van der Waals surface area contributed by atoms with Crippen molar-refractivity contribution in [1.29, 1.82) is 0 Å². The van der Waals surface area contributed by atoms with Crippen molar-refractivity contribution in [2.45, 2.75) is 13.1 Å². The molecule has 1 saturated heterocycles. The number of morpholine rings is 1. The van der Waals surface area contributed by atoms with Gasteiger partial charge in [-0.1, -0.05) is 60.7 Å². The number of anilines is 1. The Morgan fingerprint density at radius 2 is 1.70 bits per heavy atom. The molecule has 0 atom stereocenters. The van der Waals surface area contributed by atoms with Crippen LogP contribution in [0.25, 0.3) is 22.2 Å². The van der Waals surface area contributed by atoms with Gasteiger partial charge in [-0.05, 0) is 11.1 Å². The third kappa shape index (κ3) is 4.45. The summed E-state index contributed by atoms with van der Waals surface area (Å²) in [5, 5.41) is 0. The van der Waals surface area contributed by atoms with E-state index in [4.69, 9.17) is 4.74 Å². The molecule has 0 radical (unpaired) electrons. The summed E-state index contributed by atoms with van der Waals surface area (Å²) in [5.41, 5.74) is 4.92. The molecule has 0 spiro atoms. The van der Waals surface area contributed by atoms with Crippen LogP contribution >= 0.6 is 0 Å². The maximum Gasteiger partial charge on any atom is 0.242 e. The Morgan fingerprint density at radius 1 is 1.00 bits per heavy atom. The highest BCUT2D eigenvalue weighted by molar-refractivity contribution is 5.99. The van der Waals surface area contributed by atoms with Crippen molar-refractivity contribution in [2.24, 2.45) is 0 Å².